The molecule has 1 rings (SSSR count). The molecule has 0 radical (unpaired) electrons. The highest BCUT2D eigenvalue weighted by molar-refractivity contribution is 5.70. The van der Waals surface area contributed by atoms with Gasteiger partial charge in [-0.05, 0) is 51.4 Å². The average Bonchev–Trinajstić information content (AvgIpc) is 3.35. The number of ether oxygens (including phenoxy) is 4. The van der Waals surface area contributed by atoms with Gasteiger partial charge in [0, 0.05) is 12.8 Å². The molecule has 4 N–H and O–H groups in total. The Labute approximate surface area is 422 Å². The Kier molecular flexibility index (Phi) is 46.2. The lowest BCUT2D eigenvalue weighted by Gasteiger charge is -2.39. The molecule has 1 aliphatic heterocycles. The molecule has 10 nitrogen and oxygen atoms in total. The van der Waals surface area contributed by atoms with E-state index in [1.54, 1.807) is 0 Å². The van der Waals surface area contributed by atoms with E-state index in [9.17, 15) is 30.0 Å². The molecule has 1 saturated heterocycles. The fourth-order valence-electron chi connectivity index (χ4n) is 8.77. The topological polar surface area (TPSA) is 152 Å². The number of aliphatic hydroxyl groups excluding tert-OH is 4. The van der Waals surface area contributed by atoms with Crippen LogP contribution >= 0.6 is 0 Å². The molecule has 0 amide bonds. The minimum atomic E-state index is -1.60. The van der Waals surface area contributed by atoms with Crippen LogP contribution < -0.4 is 0 Å². The number of aliphatic hydroxyl groups is 4. The first-order chi connectivity index (χ1) is 33.8. The summed E-state index contributed by atoms with van der Waals surface area (Å²) < 4.78 is 22.3. The molecule has 0 aromatic heterocycles. The van der Waals surface area contributed by atoms with Crippen molar-refractivity contribution in [2.75, 3.05) is 19.8 Å². The van der Waals surface area contributed by atoms with Crippen molar-refractivity contribution < 1.29 is 49.0 Å². The molecule has 6 atom stereocenters. The summed E-state index contributed by atoms with van der Waals surface area (Å²) in [4.78, 5) is 25.6. The Bertz CT molecular complexity index is 1260. The number of hydrogen-bond donors (Lipinski definition) is 4. The molecule has 1 heterocycles. The van der Waals surface area contributed by atoms with Crippen molar-refractivity contribution in [3.05, 3.63) is 48.6 Å². The average molecular weight is 975 g/mol. The highest BCUT2D eigenvalue weighted by Crippen LogP contribution is 2.23. The maximum atomic E-state index is 12.9. The minimum Gasteiger partial charge on any atom is -0.462 e. The van der Waals surface area contributed by atoms with Crippen LogP contribution in [0.2, 0.25) is 0 Å². The highest BCUT2D eigenvalue weighted by atomic mass is 16.7. The monoisotopic (exact) mass is 975 g/mol. The van der Waals surface area contributed by atoms with Gasteiger partial charge in [0.1, 0.15) is 31.0 Å². The van der Waals surface area contributed by atoms with Crippen molar-refractivity contribution in [2.24, 2.45) is 0 Å². The molecule has 6 unspecified atom stereocenters. The molecule has 1 aliphatic rings. The van der Waals surface area contributed by atoms with E-state index in [2.05, 4.69) is 62.5 Å². The van der Waals surface area contributed by atoms with Crippen LogP contribution in [0.1, 0.15) is 258 Å². The standard InChI is InChI=1S/C59H106O10/c1-3-5-7-9-11-13-15-17-19-21-23-25-26-28-30-32-34-36-38-40-42-44-46-48-55(62)68-52(51-67-59-58(65)57(64)56(63)53(49-60)69-59)50-66-54(61)47-45-43-41-39-37-35-33-31-29-27-24-22-20-18-16-14-12-10-8-6-4-2/h5,7,11,13,17,19,23,25,52-53,56-60,63-65H,3-4,6,8-10,12,14-16,18,20-22,24,26-51H2,1-2H3/b7-5-,13-11-,19-17-,25-23-. The maximum absolute atomic E-state index is 12.9. The molecule has 402 valence electrons. The summed E-state index contributed by atoms with van der Waals surface area (Å²) in [5.41, 5.74) is 0. The van der Waals surface area contributed by atoms with E-state index in [0.29, 0.717) is 6.42 Å². The van der Waals surface area contributed by atoms with Crippen LogP contribution in [0.15, 0.2) is 48.6 Å². The lowest BCUT2D eigenvalue weighted by molar-refractivity contribution is -0.305. The van der Waals surface area contributed by atoms with Crippen molar-refractivity contribution in [2.45, 2.75) is 295 Å². The van der Waals surface area contributed by atoms with Gasteiger partial charge in [0.25, 0.3) is 0 Å². The second-order valence-electron chi connectivity index (χ2n) is 19.7. The van der Waals surface area contributed by atoms with Crippen LogP contribution in [0.25, 0.3) is 0 Å². The van der Waals surface area contributed by atoms with Gasteiger partial charge in [0.15, 0.2) is 12.4 Å². The number of hydrogen-bond acceptors (Lipinski definition) is 10. The predicted octanol–water partition coefficient (Wildman–Crippen LogP) is 14.3. The van der Waals surface area contributed by atoms with Crippen molar-refractivity contribution in [1.82, 2.24) is 0 Å². The highest BCUT2D eigenvalue weighted by Gasteiger charge is 2.44. The molecule has 0 spiro atoms. The molecule has 0 aliphatic carbocycles. The van der Waals surface area contributed by atoms with Crippen molar-refractivity contribution in [1.29, 1.82) is 0 Å². The minimum absolute atomic E-state index is 0.217. The second-order valence-corrected chi connectivity index (χ2v) is 19.7. The summed E-state index contributed by atoms with van der Waals surface area (Å²) in [7, 11) is 0. The van der Waals surface area contributed by atoms with E-state index in [4.69, 9.17) is 18.9 Å². The second kappa shape index (κ2) is 49.2. The van der Waals surface area contributed by atoms with Gasteiger partial charge in [0.05, 0.1) is 13.2 Å². The van der Waals surface area contributed by atoms with Crippen LogP contribution in [-0.4, -0.2) is 89.0 Å². The van der Waals surface area contributed by atoms with Crippen LogP contribution in [-0.2, 0) is 28.5 Å². The Balaban J connectivity index is 2.20. The first kappa shape index (κ1) is 64.7. The lowest BCUT2D eigenvalue weighted by Crippen LogP contribution is -2.59. The van der Waals surface area contributed by atoms with E-state index in [-0.39, 0.29) is 32.0 Å². The summed E-state index contributed by atoms with van der Waals surface area (Å²) in [5, 5.41) is 40.3. The SMILES string of the molecule is CC/C=C\C/C=C\C/C=C\C/C=C\CCCCCCCCCCCCC(=O)OC(COC(=O)CCCCCCCCCCCCCCCCCCCCCCC)COC1OC(CO)C(O)C(O)C1O. The first-order valence-electron chi connectivity index (χ1n) is 28.7. The van der Waals surface area contributed by atoms with Crippen molar-refractivity contribution in [3.63, 3.8) is 0 Å². The maximum Gasteiger partial charge on any atom is 0.306 e. The van der Waals surface area contributed by atoms with E-state index in [1.807, 2.05) is 0 Å². The van der Waals surface area contributed by atoms with Gasteiger partial charge in [0.2, 0.25) is 0 Å². The fourth-order valence-corrected chi connectivity index (χ4v) is 8.77. The zero-order valence-corrected chi connectivity index (χ0v) is 44.3. The number of carbonyl (C=O) groups excluding carboxylic acids is 2. The third-order valence-electron chi connectivity index (χ3n) is 13.2. The number of esters is 2. The molecule has 0 aromatic carbocycles. The molecule has 0 saturated carbocycles. The van der Waals surface area contributed by atoms with Gasteiger partial charge in [-0.1, -0.05) is 242 Å². The zero-order chi connectivity index (χ0) is 50.1. The van der Waals surface area contributed by atoms with E-state index < -0.39 is 49.4 Å². The molecular weight excluding hydrogens is 869 g/mol. The molecule has 1 fully saturated rings. The summed E-state index contributed by atoms with van der Waals surface area (Å²) >= 11 is 0. The van der Waals surface area contributed by atoms with Gasteiger partial charge in [-0.2, -0.15) is 0 Å². The van der Waals surface area contributed by atoms with E-state index in [0.717, 1.165) is 70.6 Å². The molecule has 0 aromatic rings. The molecule has 10 heteroatoms. The van der Waals surface area contributed by atoms with Gasteiger partial charge < -0.3 is 39.4 Å². The number of allylic oxidation sites excluding steroid dienone is 8. The predicted molar refractivity (Wildman–Crippen MR) is 284 cm³/mol. The first-order valence-corrected chi connectivity index (χ1v) is 28.7. The van der Waals surface area contributed by atoms with E-state index >= 15 is 0 Å². The van der Waals surface area contributed by atoms with Gasteiger partial charge in [-0.3, -0.25) is 9.59 Å². The van der Waals surface area contributed by atoms with Crippen LogP contribution in [0, 0.1) is 0 Å². The number of unbranched alkanes of at least 4 members (excludes halogenated alkanes) is 30. The van der Waals surface area contributed by atoms with Gasteiger partial charge in [-0.25, -0.2) is 0 Å². The van der Waals surface area contributed by atoms with E-state index in [1.165, 1.54) is 154 Å². The summed E-state index contributed by atoms with van der Waals surface area (Å²) in [5.74, 6) is -0.799. The number of rotatable bonds is 49. The molecule has 69 heavy (non-hydrogen) atoms. The fraction of sp³-hybridized carbons (Fsp3) is 0.831. The van der Waals surface area contributed by atoms with Crippen molar-refractivity contribution >= 4 is 11.9 Å². The summed E-state index contributed by atoms with van der Waals surface area (Å²) in [6, 6.07) is 0. The third-order valence-corrected chi connectivity index (χ3v) is 13.2. The van der Waals surface area contributed by atoms with Crippen LogP contribution in [0.5, 0.6) is 0 Å². The number of carbonyl (C=O) groups is 2. The normalized spacial score (nSPS) is 19.2. The largest absolute Gasteiger partial charge is 0.462 e. The quantitative estimate of drug-likeness (QED) is 0.0263. The zero-order valence-electron chi connectivity index (χ0n) is 44.3. The van der Waals surface area contributed by atoms with Gasteiger partial charge in [-0.15, -0.1) is 0 Å². The molecule has 0 bridgehead atoms. The summed E-state index contributed by atoms with van der Waals surface area (Å²) in [6.07, 6.45) is 54.1. The Morgan fingerprint density at radius 3 is 1.29 bits per heavy atom. The Morgan fingerprint density at radius 2 is 0.855 bits per heavy atom. The van der Waals surface area contributed by atoms with Crippen LogP contribution in [0.4, 0.5) is 0 Å². The molecular formula is C59H106O10. The Morgan fingerprint density at radius 1 is 0.464 bits per heavy atom. The third kappa shape index (κ3) is 39.9. The van der Waals surface area contributed by atoms with Crippen LogP contribution in [0.3, 0.4) is 0 Å². The van der Waals surface area contributed by atoms with Crippen molar-refractivity contribution in [3.8, 4) is 0 Å². The smallest absolute Gasteiger partial charge is 0.306 e. The lowest BCUT2D eigenvalue weighted by atomic mass is 9.99. The Hall–Kier alpha value is -2.34. The van der Waals surface area contributed by atoms with Gasteiger partial charge >= 0.3 is 11.9 Å². The summed E-state index contributed by atoms with van der Waals surface area (Å²) in [6.45, 7) is 3.36.